The molecule has 4 rings (SSSR count). The molecule has 0 bridgehead atoms. The fourth-order valence-corrected chi connectivity index (χ4v) is 3.55. The van der Waals surface area contributed by atoms with Gasteiger partial charge in [0.1, 0.15) is 0 Å². The predicted octanol–water partition coefficient (Wildman–Crippen LogP) is 3.78. The van der Waals surface area contributed by atoms with Gasteiger partial charge in [-0.1, -0.05) is 18.2 Å². The van der Waals surface area contributed by atoms with Gasteiger partial charge in [-0.05, 0) is 43.0 Å². The second-order valence-electron chi connectivity index (χ2n) is 6.38. The number of H-pyrrole nitrogens is 1. The Kier molecular flexibility index (Phi) is 4.03. The number of aromatic amines is 1. The summed E-state index contributed by atoms with van der Waals surface area (Å²) in [6, 6.07) is 12.2. The maximum absolute atomic E-state index is 12.8. The number of aromatic nitrogens is 2. The van der Waals surface area contributed by atoms with Crippen LogP contribution in [0.15, 0.2) is 48.8 Å². The number of hydrogen-bond donors (Lipinski definition) is 1. The minimum absolute atomic E-state index is 0.226. The third kappa shape index (κ3) is 2.80. The van der Waals surface area contributed by atoms with Crippen LogP contribution >= 0.6 is 0 Å². The van der Waals surface area contributed by atoms with Gasteiger partial charge in [0.25, 0.3) is 0 Å². The lowest BCUT2D eigenvalue weighted by Gasteiger charge is -2.26. The highest BCUT2D eigenvalue weighted by Crippen LogP contribution is 2.30. The molecular weight excluding hydrogens is 298 g/mol. The van der Waals surface area contributed by atoms with E-state index in [1.165, 1.54) is 6.42 Å². The summed E-state index contributed by atoms with van der Waals surface area (Å²) in [6.45, 7) is 1.78. The number of pyridine rings is 1. The van der Waals surface area contributed by atoms with Gasteiger partial charge in [-0.3, -0.25) is 9.78 Å². The number of fused-ring (bicyclic) bond motifs is 1. The first-order valence-electron chi connectivity index (χ1n) is 8.61. The normalized spacial score (nSPS) is 14.9. The highest BCUT2D eigenvalue weighted by Gasteiger charge is 2.21. The van der Waals surface area contributed by atoms with Crippen LogP contribution in [0.25, 0.3) is 22.2 Å². The number of nitrogens with one attached hydrogen (secondary N) is 1. The molecule has 1 aromatic carbocycles. The number of carbonyl (C=O) groups excluding carboxylic acids is 1. The zero-order valence-corrected chi connectivity index (χ0v) is 13.7. The van der Waals surface area contributed by atoms with Gasteiger partial charge in [-0.2, -0.15) is 0 Å². The molecule has 0 radical (unpaired) electrons. The van der Waals surface area contributed by atoms with E-state index < -0.39 is 0 Å². The van der Waals surface area contributed by atoms with E-state index in [0.29, 0.717) is 6.42 Å². The van der Waals surface area contributed by atoms with Gasteiger partial charge in [0.15, 0.2) is 0 Å². The Morgan fingerprint density at radius 2 is 1.92 bits per heavy atom. The Balaban J connectivity index is 1.74. The van der Waals surface area contributed by atoms with Crippen molar-refractivity contribution in [3.05, 3.63) is 54.4 Å². The summed E-state index contributed by atoms with van der Waals surface area (Å²) in [7, 11) is 0. The lowest BCUT2D eigenvalue weighted by atomic mass is 10.0. The third-order valence-electron chi connectivity index (χ3n) is 4.80. The number of rotatable bonds is 3. The van der Waals surface area contributed by atoms with Gasteiger partial charge < -0.3 is 9.88 Å². The molecule has 3 heterocycles. The van der Waals surface area contributed by atoms with Crippen LogP contribution < -0.4 is 0 Å². The van der Waals surface area contributed by atoms with Crippen LogP contribution in [-0.4, -0.2) is 33.9 Å². The lowest BCUT2D eigenvalue weighted by Crippen LogP contribution is -2.36. The average Bonchev–Trinajstić information content (AvgIpc) is 3.02. The zero-order chi connectivity index (χ0) is 16.4. The zero-order valence-electron chi connectivity index (χ0n) is 13.7. The van der Waals surface area contributed by atoms with Crippen LogP contribution in [0.3, 0.4) is 0 Å². The summed E-state index contributed by atoms with van der Waals surface area (Å²) in [5, 5.41) is 1.13. The van der Waals surface area contributed by atoms with Gasteiger partial charge in [-0.25, -0.2) is 0 Å². The molecule has 24 heavy (non-hydrogen) atoms. The van der Waals surface area contributed by atoms with Crippen molar-refractivity contribution in [2.24, 2.45) is 0 Å². The van der Waals surface area contributed by atoms with Gasteiger partial charge >= 0.3 is 0 Å². The monoisotopic (exact) mass is 319 g/mol. The number of amides is 1. The van der Waals surface area contributed by atoms with Crippen molar-refractivity contribution in [3.63, 3.8) is 0 Å². The van der Waals surface area contributed by atoms with Gasteiger partial charge in [0, 0.05) is 41.9 Å². The van der Waals surface area contributed by atoms with Crippen molar-refractivity contribution >= 4 is 16.8 Å². The predicted molar refractivity (Wildman–Crippen MR) is 95.7 cm³/mol. The molecule has 4 nitrogen and oxygen atoms in total. The van der Waals surface area contributed by atoms with Gasteiger partial charge in [-0.15, -0.1) is 0 Å². The minimum Gasteiger partial charge on any atom is -0.354 e. The molecule has 1 saturated heterocycles. The van der Waals surface area contributed by atoms with E-state index in [-0.39, 0.29) is 5.91 Å². The number of piperidine rings is 1. The van der Waals surface area contributed by atoms with Crippen LogP contribution in [0, 0.1) is 0 Å². The molecule has 1 amide bonds. The van der Waals surface area contributed by atoms with E-state index in [9.17, 15) is 4.79 Å². The fraction of sp³-hybridized carbons (Fsp3) is 0.300. The molecular formula is C20H21N3O. The van der Waals surface area contributed by atoms with Crippen molar-refractivity contribution < 1.29 is 4.79 Å². The maximum atomic E-state index is 12.8. The molecule has 0 aliphatic carbocycles. The number of benzene rings is 1. The molecule has 1 fully saturated rings. The number of carbonyl (C=O) groups is 1. The number of para-hydroxylation sites is 1. The summed E-state index contributed by atoms with van der Waals surface area (Å²) < 4.78 is 0. The highest BCUT2D eigenvalue weighted by atomic mass is 16.2. The number of nitrogens with zero attached hydrogens (tertiary/aromatic N) is 2. The Morgan fingerprint density at radius 3 is 2.71 bits per heavy atom. The maximum Gasteiger partial charge on any atom is 0.227 e. The van der Waals surface area contributed by atoms with Crippen molar-refractivity contribution in [3.8, 4) is 11.3 Å². The summed E-state index contributed by atoms with van der Waals surface area (Å²) >= 11 is 0. The van der Waals surface area contributed by atoms with Crippen molar-refractivity contribution in [2.45, 2.75) is 25.7 Å². The van der Waals surface area contributed by atoms with E-state index in [1.54, 1.807) is 6.20 Å². The summed E-state index contributed by atoms with van der Waals surface area (Å²) in [6.07, 6.45) is 7.53. The first-order valence-corrected chi connectivity index (χ1v) is 8.61. The summed E-state index contributed by atoms with van der Waals surface area (Å²) in [5.74, 6) is 0.226. The Hall–Kier alpha value is -2.62. The third-order valence-corrected chi connectivity index (χ3v) is 4.80. The molecule has 3 aromatic rings. The molecule has 2 aromatic heterocycles. The van der Waals surface area contributed by atoms with E-state index in [0.717, 1.165) is 53.7 Å². The second kappa shape index (κ2) is 6.48. The number of likely N-dealkylation sites (tertiary alicyclic amines) is 1. The van der Waals surface area contributed by atoms with E-state index >= 15 is 0 Å². The molecule has 1 N–H and O–H groups in total. The Bertz CT molecular complexity index is 848. The molecule has 0 atom stereocenters. The van der Waals surface area contributed by atoms with Gasteiger partial charge in [0.2, 0.25) is 5.91 Å². The summed E-state index contributed by atoms with van der Waals surface area (Å²) in [5.41, 5.74) is 4.18. The molecule has 122 valence electrons. The van der Waals surface area contributed by atoms with Crippen LogP contribution in [-0.2, 0) is 11.2 Å². The quantitative estimate of drug-likeness (QED) is 0.798. The van der Waals surface area contributed by atoms with Crippen LogP contribution in [0.4, 0.5) is 0 Å². The number of hydrogen-bond acceptors (Lipinski definition) is 2. The van der Waals surface area contributed by atoms with Crippen LogP contribution in [0.1, 0.15) is 24.8 Å². The molecule has 4 heteroatoms. The smallest absolute Gasteiger partial charge is 0.227 e. The SMILES string of the molecule is O=C(Cc1c(-c2cccnc2)[nH]c2ccccc12)N1CCCCC1. The first kappa shape index (κ1) is 14.9. The largest absolute Gasteiger partial charge is 0.354 e. The van der Waals surface area contributed by atoms with E-state index in [2.05, 4.69) is 22.1 Å². The van der Waals surface area contributed by atoms with Crippen LogP contribution in [0.5, 0.6) is 0 Å². The first-order chi connectivity index (χ1) is 11.8. The van der Waals surface area contributed by atoms with Crippen molar-refractivity contribution in [1.82, 2.24) is 14.9 Å². The second-order valence-corrected chi connectivity index (χ2v) is 6.38. The fourth-order valence-electron chi connectivity index (χ4n) is 3.55. The molecule has 0 unspecified atom stereocenters. The minimum atomic E-state index is 0.226. The van der Waals surface area contributed by atoms with E-state index in [4.69, 9.17) is 0 Å². The Morgan fingerprint density at radius 1 is 1.08 bits per heavy atom. The van der Waals surface area contributed by atoms with E-state index in [1.807, 2.05) is 35.4 Å². The molecule has 1 aliphatic heterocycles. The Labute approximate surface area is 141 Å². The molecule has 0 spiro atoms. The standard InChI is InChI=1S/C20H21N3O/c24-19(23-11-4-1-5-12-23)13-17-16-8-2-3-9-18(16)22-20(17)15-7-6-10-21-14-15/h2-3,6-10,14,22H,1,4-5,11-13H2. The average molecular weight is 319 g/mol. The van der Waals surface area contributed by atoms with Crippen molar-refractivity contribution in [2.75, 3.05) is 13.1 Å². The van der Waals surface area contributed by atoms with Gasteiger partial charge in [0.05, 0.1) is 12.1 Å². The highest BCUT2D eigenvalue weighted by molar-refractivity contribution is 5.95. The topological polar surface area (TPSA) is 49.0 Å². The van der Waals surface area contributed by atoms with Crippen LogP contribution in [0.2, 0.25) is 0 Å². The summed E-state index contributed by atoms with van der Waals surface area (Å²) in [4.78, 5) is 22.5. The molecule has 0 saturated carbocycles. The molecule has 1 aliphatic rings. The lowest BCUT2D eigenvalue weighted by molar-refractivity contribution is -0.131. The van der Waals surface area contributed by atoms with Crippen molar-refractivity contribution in [1.29, 1.82) is 0 Å².